The molecule has 44 heavy (non-hydrogen) atoms. The van der Waals surface area contributed by atoms with Gasteiger partial charge in [-0.25, -0.2) is 13.6 Å². The van der Waals surface area contributed by atoms with Gasteiger partial charge in [0, 0.05) is 37.2 Å². The normalized spacial score (nSPS) is 13.9. The second kappa shape index (κ2) is 12.3. The molecule has 2 heterocycles. The molecule has 0 aliphatic carbocycles. The number of aromatic carboxylic acids is 1. The first-order chi connectivity index (χ1) is 20.9. The van der Waals surface area contributed by atoms with Crippen LogP contribution in [-0.2, 0) is 5.54 Å². The average molecular weight is 603 g/mol. The molecule has 1 aliphatic rings. The highest BCUT2D eigenvalue weighted by molar-refractivity contribution is 6.08. The van der Waals surface area contributed by atoms with Crippen molar-refractivity contribution < 1.29 is 33.0 Å². The van der Waals surface area contributed by atoms with E-state index < -0.39 is 35.0 Å². The van der Waals surface area contributed by atoms with Gasteiger partial charge in [-0.05, 0) is 87.5 Å². The summed E-state index contributed by atoms with van der Waals surface area (Å²) in [4.78, 5) is 39.4. The molecule has 4 aromatic rings. The van der Waals surface area contributed by atoms with Crippen molar-refractivity contribution in [1.82, 2.24) is 14.7 Å². The fourth-order valence-electron chi connectivity index (χ4n) is 5.09. The maximum absolute atomic E-state index is 14.9. The summed E-state index contributed by atoms with van der Waals surface area (Å²) in [5.74, 6) is -2.63. The van der Waals surface area contributed by atoms with Crippen LogP contribution >= 0.6 is 0 Å². The van der Waals surface area contributed by atoms with Crippen LogP contribution in [0.3, 0.4) is 0 Å². The van der Waals surface area contributed by atoms with Crippen molar-refractivity contribution in [3.05, 3.63) is 101 Å². The Morgan fingerprint density at radius 1 is 0.932 bits per heavy atom. The molecular formula is C33H32F2N4O5. The van der Waals surface area contributed by atoms with E-state index in [4.69, 9.17) is 9.84 Å². The van der Waals surface area contributed by atoms with Crippen molar-refractivity contribution in [1.29, 1.82) is 0 Å². The van der Waals surface area contributed by atoms with Crippen molar-refractivity contribution in [2.24, 2.45) is 0 Å². The topological polar surface area (TPSA) is 114 Å². The number of anilines is 1. The quantitative estimate of drug-likeness (QED) is 0.260. The monoisotopic (exact) mass is 602 g/mol. The smallest absolute Gasteiger partial charge is 0.335 e. The van der Waals surface area contributed by atoms with Crippen LogP contribution in [0.2, 0.25) is 0 Å². The highest BCUT2D eigenvalue weighted by Gasteiger charge is 2.28. The van der Waals surface area contributed by atoms with E-state index in [1.807, 2.05) is 20.8 Å². The second-order valence-corrected chi connectivity index (χ2v) is 11.6. The molecule has 2 amide bonds. The number of carboxylic acids is 1. The molecule has 1 aliphatic heterocycles. The summed E-state index contributed by atoms with van der Waals surface area (Å²) in [7, 11) is 0. The molecule has 0 radical (unpaired) electrons. The van der Waals surface area contributed by atoms with Crippen LogP contribution in [0.15, 0.2) is 72.9 Å². The van der Waals surface area contributed by atoms with E-state index in [-0.39, 0.29) is 28.5 Å². The minimum Gasteiger partial charge on any atom is -0.490 e. The molecule has 0 atom stereocenters. The fourth-order valence-corrected chi connectivity index (χ4v) is 5.09. The Balaban J connectivity index is 1.28. The number of hydrogen-bond acceptors (Lipinski definition) is 5. The predicted octanol–water partition coefficient (Wildman–Crippen LogP) is 6.22. The largest absolute Gasteiger partial charge is 0.490 e. The third-order valence-electron chi connectivity index (χ3n) is 7.35. The minimum absolute atomic E-state index is 0.159. The molecule has 0 spiro atoms. The summed E-state index contributed by atoms with van der Waals surface area (Å²) in [6.07, 6.45) is 2.26. The zero-order chi connectivity index (χ0) is 31.6. The van der Waals surface area contributed by atoms with Crippen molar-refractivity contribution in [2.75, 3.05) is 18.4 Å². The first kappa shape index (κ1) is 30.4. The van der Waals surface area contributed by atoms with Crippen LogP contribution in [-0.4, -0.2) is 56.8 Å². The number of halogens is 2. The summed E-state index contributed by atoms with van der Waals surface area (Å²) >= 11 is 0. The second-order valence-electron chi connectivity index (χ2n) is 11.6. The van der Waals surface area contributed by atoms with E-state index in [1.54, 1.807) is 28.9 Å². The molecule has 1 aromatic heterocycles. The van der Waals surface area contributed by atoms with Crippen LogP contribution in [0.25, 0.3) is 11.3 Å². The summed E-state index contributed by atoms with van der Waals surface area (Å²) in [6, 6.07) is 15.7. The Kier molecular flexibility index (Phi) is 8.48. The standard InChI is InChI=1S/C33H32F2N4O5/c1-33(2,3)39-29(20-4-8-22(34)9-5-20)27(19-36-39)30(40)37-23-10-13-28(35)26(18-23)31(41)38-16-14-25(15-17-38)44-24-11-6-21(7-12-24)32(42)43/h4-13,18-19,25H,14-17H2,1-3H3,(H,37,40)(H,42,43). The number of nitrogens with zero attached hydrogens (tertiary/aromatic N) is 3. The van der Waals surface area contributed by atoms with Gasteiger partial charge in [0.2, 0.25) is 0 Å². The number of amides is 2. The fraction of sp³-hybridized carbons (Fsp3) is 0.273. The molecule has 0 saturated carbocycles. The third-order valence-corrected chi connectivity index (χ3v) is 7.35. The molecule has 11 heteroatoms. The Labute approximate surface area is 253 Å². The molecule has 3 aromatic carbocycles. The first-order valence-electron chi connectivity index (χ1n) is 14.2. The number of carboxylic acid groups (broad SMARTS) is 1. The SMILES string of the molecule is CC(C)(C)n1ncc(C(=O)Nc2ccc(F)c(C(=O)N3CCC(Oc4ccc(C(=O)O)cc4)CC3)c2)c1-c1ccc(F)cc1. The van der Waals surface area contributed by atoms with E-state index in [2.05, 4.69) is 10.4 Å². The maximum atomic E-state index is 14.9. The van der Waals surface area contributed by atoms with Crippen molar-refractivity contribution in [3.8, 4) is 17.0 Å². The molecule has 0 unspecified atom stereocenters. The van der Waals surface area contributed by atoms with Crippen molar-refractivity contribution >= 4 is 23.5 Å². The van der Waals surface area contributed by atoms with E-state index in [1.165, 1.54) is 47.5 Å². The van der Waals surface area contributed by atoms with Crippen LogP contribution in [0.4, 0.5) is 14.5 Å². The Morgan fingerprint density at radius 2 is 1.59 bits per heavy atom. The van der Waals surface area contributed by atoms with Gasteiger partial charge in [0.25, 0.3) is 11.8 Å². The van der Waals surface area contributed by atoms with Crippen LogP contribution < -0.4 is 10.1 Å². The van der Waals surface area contributed by atoms with Gasteiger partial charge in [0.15, 0.2) is 0 Å². The lowest BCUT2D eigenvalue weighted by Crippen LogP contribution is -2.42. The zero-order valence-corrected chi connectivity index (χ0v) is 24.5. The first-order valence-corrected chi connectivity index (χ1v) is 14.2. The Hall–Kier alpha value is -5.06. The number of likely N-dealkylation sites (tertiary alicyclic amines) is 1. The van der Waals surface area contributed by atoms with Crippen LogP contribution in [0.1, 0.15) is 64.7 Å². The van der Waals surface area contributed by atoms with Gasteiger partial charge in [-0.15, -0.1) is 0 Å². The zero-order valence-electron chi connectivity index (χ0n) is 24.5. The summed E-state index contributed by atoms with van der Waals surface area (Å²) in [6.45, 7) is 6.46. The van der Waals surface area contributed by atoms with Gasteiger partial charge >= 0.3 is 5.97 Å². The number of carbonyl (C=O) groups excluding carboxylic acids is 2. The number of nitrogens with one attached hydrogen (secondary N) is 1. The van der Waals surface area contributed by atoms with Crippen LogP contribution in [0, 0.1) is 11.6 Å². The number of hydrogen-bond donors (Lipinski definition) is 2. The van der Waals surface area contributed by atoms with Gasteiger partial charge in [0.05, 0.1) is 34.1 Å². The van der Waals surface area contributed by atoms with Crippen LogP contribution in [0.5, 0.6) is 5.75 Å². The van der Waals surface area contributed by atoms with Crippen molar-refractivity contribution in [2.45, 2.75) is 45.3 Å². The molecule has 1 fully saturated rings. The van der Waals surface area contributed by atoms with Gasteiger partial charge in [-0.3, -0.25) is 14.3 Å². The number of aromatic nitrogens is 2. The molecular weight excluding hydrogens is 570 g/mol. The number of rotatable bonds is 7. The highest BCUT2D eigenvalue weighted by atomic mass is 19.1. The lowest BCUT2D eigenvalue weighted by Gasteiger charge is -2.32. The molecule has 228 valence electrons. The van der Waals surface area contributed by atoms with E-state index in [0.29, 0.717) is 42.9 Å². The van der Waals surface area contributed by atoms with E-state index >= 15 is 0 Å². The highest BCUT2D eigenvalue weighted by Crippen LogP contribution is 2.30. The number of piperidine rings is 1. The maximum Gasteiger partial charge on any atom is 0.335 e. The molecule has 9 nitrogen and oxygen atoms in total. The number of benzene rings is 3. The van der Waals surface area contributed by atoms with Gasteiger partial charge in [-0.2, -0.15) is 5.10 Å². The Morgan fingerprint density at radius 3 is 2.20 bits per heavy atom. The lowest BCUT2D eigenvalue weighted by atomic mass is 10.0. The summed E-state index contributed by atoms with van der Waals surface area (Å²) in [5, 5.41) is 16.2. The molecule has 2 N–H and O–H groups in total. The summed E-state index contributed by atoms with van der Waals surface area (Å²) < 4.78 is 36.1. The van der Waals surface area contributed by atoms with E-state index in [9.17, 15) is 23.2 Å². The van der Waals surface area contributed by atoms with Gasteiger partial charge in [0.1, 0.15) is 23.5 Å². The minimum atomic E-state index is -1.02. The average Bonchev–Trinajstić information content (AvgIpc) is 3.45. The number of ether oxygens (including phenoxy) is 1. The lowest BCUT2D eigenvalue weighted by molar-refractivity contribution is 0.0591. The molecule has 1 saturated heterocycles. The van der Waals surface area contributed by atoms with E-state index in [0.717, 1.165) is 6.07 Å². The van der Waals surface area contributed by atoms with Gasteiger partial charge in [-0.1, -0.05) is 0 Å². The van der Waals surface area contributed by atoms with Gasteiger partial charge < -0.3 is 20.1 Å². The third kappa shape index (κ3) is 6.61. The van der Waals surface area contributed by atoms with Crippen molar-refractivity contribution in [3.63, 3.8) is 0 Å². The molecule has 5 rings (SSSR count). The number of carbonyl (C=O) groups is 3. The molecule has 0 bridgehead atoms. The Bertz CT molecular complexity index is 1690. The predicted molar refractivity (Wildman–Crippen MR) is 160 cm³/mol. The summed E-state index contributed by atoms with van der Waals surface area (Å²) in [5.41, 5.74) is 1.07.